The molecule has 1 aromatic carbocycles. The number of non-ortho nitro benzene ring substituents is 1. The molecule has 0 saturated heterocycles. The topological polar surface area (TPSA) is 73.0 Å². The number of anilines is 1. The Morgan fingerprint density at radius 3 is 2.84 bits per heavy atom. The molecule has 1 heterocycles. The van der Waals surface area contributed by atoms with Crippen molar-refractivity contribution in [2.24, 2.45) is 7.05 Å². The monoisotopic (exact) mass is 264 g/mol. The van der Waals surface area contributed by atoms with Gasteiger partial charge in [0.25, 0.3) is 5.69 Å². The second kappa shape index (κ2) is 5.05. The molecular formula is C12H13FN4O2. The third-order valence-electron chi connectivity index (χ3n) is 2.78. The van der Waals surface area contributed by atoms with Crippen molar-refractivity contribution in [1.82, 2.24) is 9.55 Å². The second-order valence-electron chi connectivity index (χ2n) is 4.18. The van der Waals surface area contributed by atoms with E-state index in [0.29, 0.717) is 5.82 Å². The summed E-state index contributed by atoms with van der Waals surface area (Å²) >= 11 is 0. The van der Waals surface area contributed by atoms with Crippen LogP contribution in [0.4, 0.5) is 15.8 Å². The van der Waals surface area contributed by atoms with E-state index in [4.69, 9.17) is 0 Å². The van der Waals surface area contributed by atoms with Gasteiger partial charge in [0.05, 0.1) is 16.7 Å². The highest BCUT2D eigenvalue weighted by atomic mass is 19.1. The Balaban J connectivity index is 2.26. The fourth-order valence-corrected chi connectivity index (χ4v) is 1.83. The first-order valence-electron chi connectivity index (χ1n) is 5.66. The molecule has 6 nitrogen and oxygen atoms in total. The maximum absolute atomic E-state index is 13.6. The first-order valence-corrected chi connectivity index (χ1v) is 5.66. The number of rotatable bonds is 4. The Hall–Kier alpha value is -2.44. The molecule has 0 aliphatic rings. The lowest BCUT2D eigenvalue weighted by atomic mass is 10.2. The number of aryl methyl sites for hydroxylation is 1. The molecule has 0 fully saturated rings. The molecule has 1 unspecified atom stereocenters. The molecule has 19 heavy (non-hydrogen) atoms. The van der Waals surface area contributed by atoms with Crippen LogP contribution < -0.4 is 5.32 Å². The largest absolute Gasteiger partial charge is 0.373 e. The van der Waals surface area contributed by atoms with Crippen molar-refractivity contribution >= 4 is 11.4 Å². The molecule has 0 aliphatic carbocycles. The lowest BCUT2D eigenvalue weighted by molar-refractivity contribution is -0.384. The van der Waals surface area contributed by atoms with E-state index in [1.165, 1.54) is 6.07 Å². The summed E-state index contributed by atoms with van der Waals surface area (Å²) in [7, 11) is 1.82. The first-order chi connectivity index (χ1) is 8.99. The summed E-state index contributed by atoms with van der Waals surface area (Å²) in [5, 5.41) is 13.6. The number of nitrogens with one attached hydrogen (secondary N) is 1. The van der Waals surface area contributed by atoms with Gasteiger partial charge in [0, 0.05) is 31.6 Å². The quantitative estimate of drug-likeness (QED) is 0.680. The van der Waals surface area contributed by atoms with E-state index in [0.717, 1.165) is 12.1 Å². The molecule has 1 N–H and O–H groups in total. The maximum atomic E-state index is 13.6. The number of hydrogen-bond acceptors (Lipinski definition) is 4. The normalized spacial score (nSPS) is 12.2. The molecule has 2 rings (SSSR count). The number of hydrogen-bond donors (Lipinski definition) is 1. The predicted molar refractivity (Wildman–Crippen MR) is 68.3 cm³/mol. The van der Waals surface area contributed by atoms with Crippen molar-refractivity contribution in [2.45, 2.75) is 13.0 Å². The van der Waals surface area contributed by atoms with Crippen molar-refractivity contribution in [3.63, 3.8) is 0 Å². The Morgan fingerprint density at radius 2 is 2.26 bits per heavy atom. The minimum atomic E-state index is -0.559. The highest BCUT2D eigenvalue weighted by Crippen LogP contribution is 2.24. The lowest BCUT2D eigenvalue weighted by Gasteiger charge is -2.15. The highest BCUT2D eigenvalue weighted by Gasteiger charge is 2.15. The van der Waals surface area contributed by atoms with Crippen LogP contribution in [0, 0.1) is 15.9 Å². The molecule has 1 aromatic heterocycles. The number of nitro groups is 1. The van der Waals surface area contributed by atoms with Gasteiger partial charge in [0.15, 0.2) is 0 Å². The molecule has 1 atom stereocenters. The van der Waals surface area contributed by atoms with Crippen LogP contribution in [-0.2, 0) is 7.05 Å². The Labute approximate surface area is 109 Å². The van der Waals surface area contributed by atoms with Crippen molar-refractivity contribution in [2.75, 3.05) is 5.32 Å². The van der Waals surface area contributed by atoms with Crippen LogP contribution in [-0.4, -0.2) is 14.5 Å². The molecule has 100 valence electrons. The molecule has 2 aromatic rings. The van der Waals surface area contributed by atoms with Crippen LogP contribution in [0.15, 0.2) is 30.6 Å². The van der Waals surface area contributed by atoms with Crippen molar-refractivity contribution in [3.05, 3.63) is 52.3 Å². The van der Waals surface area contributed by atoms with Gasteiger partial charge in [-0.05, 0) is 13.0 Å². The SMILES string of the molecule is CC(Nc1cc([N+](=O)[O-])ccc1F)c1nccn1C. The first kappa shape index (κ1) is 13.0. The summed E-state index contributed by atoms with van der Waals surface area (Å²) in [6.45, 7) is 1.81. The average molecular weight is 264 g/mol. The summed E-state index contributed by atoms with van der Waals surface area (Å²) in [4.78, 5) is 14.3. The smallest absolute Gasteiger partial charge is 0.271 e. The van der Waals surface area contributed by atoms with Crippen molar-refractivity contribution < 1.29 is 9.31 Å². The molecule has 0 radical (unpaired) electrons. The van der Waals surface area contributed by atoms with Gasteiger partial charge < -0.3 is 9.88 Å². The fraction of sp³-hybridized carbons (Fsp3) is 0.250. The van der Waals surface area contributed by atoms with E-state index < -0.39 is 10.7 Å². The van der Waals surface area contributed by atoms with Gasteiger partial charge in [-0.2, -0.15) is 0 Å². The van der Waals surface area contributed by atoms with Gasteiger partial charge >= 0.3 is 0 Å². The number of benzene rings is 1. The lowest BCUT2D eigenvalue weighted by Crippen LogP contribution is -2.12. The third kappa shape index (κ3) is 2.70. The molecule has 0 aliphatic heterocycles. The van der Waals surface area contributed by atoms with Crippen molar-refractivity contribution in [1.29, 1.82) is 0 Å². The maximum Gasteiger partial charge on any atom is 0.271 e. The number of aromatic nitrogens is 2. The predicted octanol–water partition coefficient (Wildman–Crippen LogP) is 2.64. The van der Waals surface area contributed by atoms with Crippen LogP contribution in [0.3, 0.4) is 0 Å². The third-order valence-corrected chi connectivity index (χ3v) is 2.78. The Morgan fingerprint density at radius 1 is 1.53 bits per heavy atom. The summed E-state index contributed by atoms with van der Waals surface area (Å²) in [6.07, 6.45) is 3.41. The van der Waals surface area contributed by atoms with E-state index in [2.05, 4.69) is 10.3 Å². The molecule has 0 spiro atoms. The Kier molecular flexibility index (Phi) is 3.46. The van der Waals surface area contributed by atoms with Gasteiger partial charge in [-0.15, -0.1) is 0 Å². The van der Waals surface area contributed by atoms with Crippen LogP contribution in [0.2, 0.25) is 0 Å². The minimum absolute atomic E-state index is 0.0877. The van der Waals surface area contributed by atoms with E-state index in [1.54, 1.807) is 23.9 Å². The minimum Gasteiger partial charge on any atom is -0.373 e. The summed E-state index contributed by atoms with van der Waals surface area (Å²) in [6, 6.07) is 3.11. The van der Waals surface area contributed by atoms with E-state index in [-0.39, 0.29) is 17.4 Å². The molecule has 0 amide bonds. The van der Waals surface area contributed by atoms with Gasteiger partial charge in [-0.3, -0.25) is 10.1 Å². The van der Waals surface area contributed by atoms with Gasteiger partial charge in [0.2, 0.25) is 0 Å². The summed E-state index contributed by atoms with van der Waals surface area (Å²) in [5.41, 5.74) is -0.0689. The zero-order valence-corrected chi connectivity index (χ0v) is 10.5. The molecule has 7 heteroatoms. The zero-order chi connectivity index (χ0) is 14.0. The molecule has 0 bridgehead atoms. The van der Waals surface area contributed by atoms with Crippen LogP contribution in [0.1, 0.15) is 18.8 Å². The Bertz CT molecular complexity index is 612. The summed E-state index contributed by atoms with van der Waals surface area (Å²) in [5.74, 6) is 0.178. The van der Waals surface area contributed by atoms with Crippen molar-refractivity contribution in [3.8, 4) is 0 Å². The second-order valence-corrected chi connectivity index (χ2v) is 4.18. The molecular weight excluding hydrogens is 251 g/mol. The number of imidazole rings is 1. The standard InChI is InChI=1S/C12H13FN4O2/c1-8(12-14-5-6-16(12)2)15-11-7-9(17(18)19)3-4-10(11)13/h3-8,15H,1-2H3. The fourth-order valence-electron chi connectivity index (χ4n) is 1.83. The average Bonchev–Trinajstić information content (AvgIpc) is 2.78. The summed E-state index contributed by atoms with van der Waals surface area (Å²) < 4.78 is 15.4. The number of halogens is 1. The zero-order valence-electron chi connectivity index (χ0n) is 10.5. The molecule has 0 saturated carbocycles. The van der Waals surface area contributed by atoms with Gasteiger partial charge in [0.1, 0.15) is 11.6 Å². The number of nitro benzene ring substituents is 1. The van der Waals surface area contributed by atoms with Crippen LogP contribution >= 0.6 is 0 Å². The van der Waals surface area contributed by atoms with E-state index in [9.17, 15) is 14.5 Å². The number of nitrogens with zero attached hydrogens (tertiary/aromatic N) is 3. The van der Waals surface area contributed by atoms with Crippen LogP contribution in [0.5, 0.6) is 0 Å². The van der Waals surface area contributed by atoms with E-state index >= 15 is 0 Å². The van der Waals surface area contributed by atoms with Crippen LogP contribution in [0.25, 0.3) is 0 Å². The van der Waals surface area contributed by atoms with E-state index in [1.807, 2.05) is 7.05 Å². The highest BCUT2D eigenvalue weighted by molar-refractivity contribution is 5.53. The van der Waals surface area contributed by atoms with Gasteiger partial charge in [-0.1, -0.05) is 0 Å². The van der Waals surface area contributed by atoms with Gasteiger partial charge in [-0.25, -0.2) is 9.37 Å².